The summed E-state index contributed by atoms with van der Waals surface area (Å²) in [5.41, 5.74) is 2.36. The predicted molar refractivity (Wildman–Crippen MR) is 124 cm³/mol. The zero-order valence-corrected chi connectivity index (χ0v) is 19.6. The Kier molecular flexibility index (Phi) is 7.35. The van der Waals surface area contributed by atoms with E-state index >= 15 is 0 Å². The molecular formula is C23H25N3O3S2. The first-order chi connectivity index (χ1) is 14.9. The van der Waals surface area contributed by atoms with Gasteiger partial charge in [0, 0.05) is 42.7 Å². The first kappa shape index (κ1) is 22.8. The van der Waals surface area contributed by atoms with Crippen LogP contribution in [0.1, 0.15) is 26.5 Å². The minimum atomic E-state index is -1.08. The van der Waals surface area contributed by atoms with Gasteiger partial charge >= 0.3 is 0 Å². The van der Waals surface area contributed by atoms with Crippen molar-refractivity contribution in [2.24, 2.45) is 0 Å². The van der Waals surface area contributed by atoms with Crippen LogP contribution < -0.4 is 29.3 Å². The van der Waals surface area contributed by atoms with Crippen LogP contribution in [0.4, 0.5) is 5.69 Å². The number of carboxylic acids is 1. The van der Waals surface area contributed by atoms with Gasteiger partial charge in [0.2, 0.25) is 5.69 Å². The summed E-state index contributed by atoms with van der Waals surface area (Å²) in [6, 6.07) is 14.4. The number of carbonyl (C=O) groups is 1. The predicted octanol–water partition coefficient (Wildman–Crippen LogP) is 1.13. The lowest BCUT2D eigenvalue weighted by molar-refractivity contribution is -0.695. The lowest BCUT2D eigenvalue weighted by Gasteiger charge is -2.11. The number of benzene rings is 1. The largest absolute Gasteiger partial charge is 0.550 e. The van der Waals surface area contributed by atoms with Crippen LogP contribution in [0.3, 0.4) is 0 Å². The molecule has 0 radical (unpaired) electrons. The average molecular weight is 456 g/mol. The number of thiazole rings is 1. The van der Waals surface area contributed by atoms with Gasteiger partial charge in [0.1, 0.15) is 20.8 Å². The fourth-order valence-corrected chi connectivity index (χ4v) is 5.77. The molecule has 4 rings (SSSR count). The lowest BCUT2D eigenvalue weighted by Crippen LogP contribution is -2.36. The minimum Gasteiger partial charge on any atom is -0.550 e. The smallest absolute Gasteiger partial charge is 0.271 e. The number of hydrogen-bond acceptors (Lipinski definition) is 6. The van der Waals surface area contributed by atoms with E-state index in [-0.39, 0.29) is 5.56 Å². The summed E-state index contributed by atoms with van der Waals surface area (Å²) in [7, 11) is 2.04. The van der Waals surface area contributed by atoms with E-state index < -0.39 is 5.97 Å². The highest BCUT2D eigenvalue weighted by atomic mass is 32.2. The van der Waals surface area contributed by atoms with E-state index in [1.807, 2.05) is 42.8 Å². The Morgan fingerprint density at radius 3 is 2.48 bits per heavy atom. The average Bonchev–Trinajstić information content (AvgIpc) is 3.24. The van der Waals surface area contributed by atoms with Crippen LogP contribution in [0, 0.1) is 0 Å². The monoisotopic (exact) mass is 455 g/mol. The zero-order chi connectivity index (χ0) is 22.5. The van der Waals surface area contributed by atoms with Crippen molar-refractivity contribution in [1.82, 2.24) is 4.57 Å². The third kappa shape index (κ3) is 4.91. The van der Waals surface area contributed by atoms with Crippen molar-refractivity contribution in [2.75, 3.05) is 11.9 Å². The molecule has 31 heavy (non-hydrogen) atoms. The van der Waals surface area contributed by atoms with Crippen LogP contribution in [-0.2, 0) is 17.9 Å². The summed E-state index contributed by atoms with van der Waals surface area (Å²) >= 11 is 3.26. The molecule has 6 nitrogen and oxygen atoms in total. The summed E-state index contributed by atoms with van der Waals surface area (Å²) in [6.45, 7) is 6.68. The van der Waals surface area contributed by atoms with Crippen molar-refractivity contribution >= 4 is 45.9 Å². The highest BCUT2D eigenvalue weighted by Gasteiger charge is 2.24. The Morgan fingerprint density at radius 1 is 1.16 bits per heavy atom. The molecular weight excluding hydrogens is 430 g/mol. The van der Waals surface area contributed by atoms with E-state index in [1.54, 1.807) is 23.1 Å². The van der Waals surface area contributed by atoms with Crippen LogP contribution in [0.5, 0.6) is 0 Å². The molecule has 0 bridgehead atoms. The fourth-order valence-electron chi connectivity index (χ4n) is 3.30. The number of hydrogen-bond donors (Lipinski definition) is 0. The van der Waals surface area contributed by atoms with E-state index in [9.17, 15) is 4.79 Å². The van der Waals surface area contributed by atoms with Crippen LogP contribution in [0.25, 0.3) is 11.1 Å². The summed E-state index contributed by atoms with van der Waals surface area (Å²) < 4.78 is 5.86. The Morgan fingerprint density at radius 2 is 1.84 bits per heavy atom. The highest BCUT2D eigenvalue weighted by molar-refractivity contribution is 8.08. The molecule has 1 aromatic carbocycles. The molecule has 0 saturated carbocycles. The van der Waals surface area contributed by atoms with Crippen LogP contribution in [-0.4, -0.2) is 17.6 Å². The molecule has 1 aliphatic rings. The molecule has 8 heteroatoms. The molecule has 0 spiro atoms. The van der Waals surface area contributed by atoms with Gasteiger partial charge in [-0.1, -0.05) is 23.9 Å². The molecule has 2 aromatic heterocycles. The van der Waals surface area contributed by atoms with Gasteiger partial charge in [0.05, 0.1) is 5.69 Å². The molecule has 1 aliphatic heterocycles. The number of anilines is 1. The number of aromatic nitrogens is 2. The fraction of sp³-hybridized carbons (Fsp3) is 0.261. The third-order valence-corrected chi connectivity index (χ3v) is 7.23. The van der Waals surface area contributed by atoms with Gasteiger partial charge in [-0.25, -0.2) is 0 Å². The number of carboxylic acid groups (broad SMARTS) is 1. The van der Waals surface area contributed by atoms with Crippen LogP contribution in [0.2, 0.25) is 0 Å². The van der Waals surface area contributed by atoms with E-state index in [1.165, 1.54) is 4.90 Å². The van der Waals surface area contributed by atoms with Crippen LogP contribution in [0.15, 0.2) is 58.4 Å². The molecule has 0 N–H and O–H groups in total. The van der Waals surface area contributed by atoms with Gasteiger partial charge in [-0.3, -0.25) is 9.36 Å². The van der Waals surface area contributed by atoms with Gasteiger partial charge < -0.3 is 14.8 Å². The highest BCUT2D eigenvalue weighted by Crippen LogP contribution is 2.44. The number of carbonyl (C=O) groups excluding carboxylic acids is 1. The molecule has 162 valence electrons. The Labute approximate surface area is 189 Å². The van der Waals surface area contributed by atoms with Crippen molar-refractivity contribution in [3.63, 3.8) is 0 Å². The van der Waals surface area contributed by atoms with E-state index in [0.717, 1.165) is 39.1 Å². The SMILES string of the molecule is CC(=O)[O-].CCn1c(=O)/c(=C2\Sc3ccccc3N2C)s/c1=C\c1cccc[n+]1CC. The van der Waals surface area contributed by atoms with Gasteiger partial charge in [-0.2, -0.15) is 4.57 Å². The number of thioether (sulfide) groups is 1. The maximum absolute atomic E-state index is 13.1. The lowest BCUT2D eigenvalue weighted by atomic mass is 10.3. The van der Waals surface area contributed by atoms with Crippen LogP contribution >= 0.6 is 23.1 Å². The van der Waals surface area contributed by atoms with Crippen molar-refractivity contribution in [2.45, 2.75) is 38.8 Å². The number of para-hydroxylation sites is 1. The number of nitrogens with zero attached hydrogens (tertiary/aromatic N) is 3. The molecule has 3 aromatic rings. The van der Waals surface area contributed by atoms with Crippen molar-refractivity contribution in [3.05, 3.63) is 73.9 Å². The summed E-state index contributed by atoms with van der Waals surface area (Å²) in [5, 5.41) is 9.91. The van der Waals surface area contributed by atoms with Gasteiger partial charge in [-0.05, 0) is 39.0 Å². The number of rotatable bonds is 3. The summed E-state index contributed by atoms with van der Waals surface area (Å²) in [6.07, 6.45) is 4.19. The maximum atomic E-state index is 13.1. The number of fused-ring (bicyclic) bond motifs is 1. The van der Waals surface area contributed by atoms with E-state index in [2.05, 4.69) is 46.9 Å². The normalized spacial score (nSPS) is 14.8. The standard InChI is InChI=1S/C21H22N3OS2.C2H4O2/c1-4-23-13-9-8-10-15(23)14-18-24(5-2)20(25)19(27-18)21-22(3)16-11-6-7-12-17(16)26-21;1-2(3)4/h6-14H,4-5H2,1-3H3;1H3,(H,3,4)/q+1;/p-1/b21-19+;. The van der Waals surface area contributed by atoms with Gasteiger partial charge in [-0.15, -0.1) is 11.3 Å². The van der Waals surface area contributed by atoms with Crippen molar-refractivity contribution in [1.29, 1.82) is 0 Å². The number of aliphatic carboxylic acids is 1. The van der Waals surface area contributed by atoms with Crippen molar-refractivity contribution in [3.8, 4) is 0 Å². The van der Waals surface area contributed by atoms with Gasteiger partial charge in [0.25, 0.3) is 5.56 Å². The minimum absolute atomic E-state index is 0.0925. The molecule has 0 aliphatic carbocycles. The molecule has 0 saturated heterocycles. The molecule has 3 heterocycles. The molecule has 0 amide bonds. The maximum Gasteiger partial charge on any atom is 0.271 e. The first-order valence-corrected chi connectivity index (χ1v) is 11.6. The quantitative estimate of drug-likeness (QED) is 0.554. The zero-order valence-electron chi connectivity index (χ0n) is 18.0. The van der Waals surface area contributed by atoms with Gasteiger partial charge in [0.15, 0.2) is 6.20 Å². The second kappa shape index (κ2) is 9.98. The first-order valence-electron chi connectivity index (χ1n) is 9.99. The molecule has 0 unspecified atom stereocenters. The molecule has 0 atom stereocenters. The second-order valence-corrected chi connectivity index (χ2v) is 8.86. The van der Waals surface area contributed by atoms with E-state index in [0.29, 0.717) is 6.54 Å². The Balaban J connectivity index is 0.000000628. The second-order valence-electron chi connectivity index (χ2n) is 6.80. The van der Waals surface area contributed by atoms with E-state index in [4.69, 9.17) is 9.90 Å². The summed E-state index contributed by atoms with van der Waals surface area (Å²) in [4.78, 5) is 25.4. The number of aryl methyl sites for hydroxylation is 1. The van der Waals surface area contributed by atoms with Crippen molar-refractivity contribution < 1.29 is 14.5 Å². The topological polar surface area (TPSA) is 69.2 Å². The third-order valence-electron chi connectivity index (χ3n) is 4.75. The Bertz CT molecular complexity index is 1270. The Hall–Kier alpha value is -2.84. The number of pyridine rings is 1. The molecule has 0 fully saturated rings. The summed E-state index contributed by atoms with van der Waals surface area (Å²) in [5.74, 6) is -1.08.